The fourth-order valence-corrected chi connectivity index (χ4v) is 2.81. The fraction of sp³-hybridized carbons (Fsp3) is 0.600. The van der Waals surface area contributed by atoms with Crippen molar-refractivity contribution in [2.45, 2.75) is 52.6 Å². The molecule has 1 aromatic carbocycles. The van der Waals surface area contributed by atoms with E-state index >= 15 is 0 Å². The highest BCUT2D eigenvalue weighted by Gasteiger charge is 2.21. The van der Waals surface area contributed by atoms with Crippen LogP contribution in [0, 0.1) is 0 Å². The van der Waals surface area contributed by atoms with Gasteiger partial charge in [0, 0.05) is 24.2 Å². The van der Waals surface area contributed by atoms with Gasteiger partial charge in [0.2, 0.25) is 0 Å². The van der Waals surface area contributed by atoms with E-state index in [4.69, 9.17) is 11.6 Å². The molecule has 0 aromatic heterocycles. The first-order chi connectivity index (χ1) is 7.99. The molecule has 1 nitrogen and oxygen atoms in total. The average molecular weight is 252 g/mol. The molecular weight excluding hydrogens is 230 g/mol. The molecule has 0 N–H and O–H groups in total. The maximum atomic E-state index is 6.40. The Kier molecular flexibility index (Phi) is 3.79. The van der Waals surface area contributed by atoms with E-state index in [1.54, 1.807) is 0 Å². The Bertz CT molecular complexity index is 410. The van der Waals surface area contributed by atoms with Crippen LogP contribution >= 0.6 is 11.6 Å². The summed E-state index contributed by atoms with van der Waals surface area (Å²) in [5.74, 6) is 0.548. The average Bonchev–Trinajstić information content (AvgIpc) is 2.27. The van der Waals surface area contributed by atoms with E-state index in [2.05, 4.69) is 44.7 Å². The lowest BCUT2D eigenvalue weighted by Crippen LogP contribution is -2.36. The van der Waals surface area contributed by atoms with Gasteiger partial charge in [0.25, 0.3) is 0 Å². The molecule has 0 fully saturated rings. The molecule has 0 saturated heterocycles. The number of halogens is 1. The van der Waals surface area contributed by atoms with Gasteiger partial charge in [-0.3, -0.25) is 4.90 Å². The lowest BCUT2D eigenvalue weighted by atomic mass is 9.93. The van der Waals surface area contributed by atoms with Crippen molar-refractivity contribution in [3.8, 4) is 0 Å². The van der Waals surface area contributed by atoms with Gasteiger partial charge >= 0.3 is 0 Å². The van der Waals surface area contributed by atoms with Crippen LogP contribution in [0.2, 0.25) is 5.02 Å². The summed E-state index contributed by atoms with van der Waals surface area (Å²) in [5.41, 5.74) is 4.16. The second-order valence-corrected chi connectivity index (χ2v) is 6.02. The molecule has 1 aliphatic heterocycles. The molecule has 94 valence electrons. The highest BCUT2D eigenvalue weighted by molar-refractivity contribution is 6.31. The molecule has 2 heteroatoms. The summed E-state index contributed by atoms with van der Waals surface area (Å²) in [7, 11) is 0. The van der Waals surface area contributed by atoms with Crippen LogP contribution in [-0.4, -0.2) is 17.5 Å². The monoisotopic (exact) mass is 251 g/mol. The summed E-state index contributed by atoms with van der Waals surface area (Å²) in [5, 5.41) is 0.967. The molecule has 17 heavy (non-hydrogen) atoms. The van der Waals surface area contributed by atoms with Crippen molar-refractivity contribution in [3.05, 3.63) is 33.8 Å². The van der Waals surface area contributed by atoms with Gasteiger partial charge in [-0.25, -0.2) is 0 Å². The molecule has 1 heterocycles. The normalized spacial score (nSPS) is 16.6. The van der Waals surface area contributed by atoms with Gasteiger partial charge in [0.15, 0.2) is 0 Å². The number of rotatable bonds is 2. The Morgan fingerprint density at radius 2 is 1.88 bits per heavy atom. The first-order valence-electron chi connectivity index (χ1n) is 6.54. The SMILES string of the molecule is CC(C)c1cc(Cl)c2c(c1)CN(C(C)C)CC2. The Balaban J connectivity index is 2.35. The maximum Gasteiger partial charge on any atom is 0.0444 e. The molecule has 0 atom stereocenters. The van der Waals surface area contributed by atoms with Crippen molar-refractivity contribution in [1.82, 2.24) is 4.90 Å². The molecule has 0 unspecified atom stereocenters. The van der Waals surface area contributed by atoms with E-state index in [-0.39, 0.29) is 0 Å². The highest BCUT2D eigenvalue weighted by atomic mass is 35.5. The number of hydrogen-bond acceptors (Lipinski definition) is 1. The van der Waals surface area contributed by atoms with Gasteiger partial charge in [-0.2, -0.15) is 0 Å². The van der Waals surface area contributed by atoms with E-state index in [1.807, 2.05) is 0 Å². The van der Waals surface area contributed by atoms with E-state index in [1.165, 1.54) is 16.7 Å². The van der Waals surface area contributed by atoms with Crippen molar-refractivity contribution in [1.29, 1.82) is 0 Å². The third kappa shape index (κ3) is 2.66. The van der Waals surface area contributed by atoms with Gasteiger partial charge < -0.3 is 0 Å². The Morgan fingerprint density at radius 3 is 2.47 bits per heavy atom. The van der Waals surface area contributed by atoms with Crippen molar-refractivity contribution >= 4 is 11.6 Å². The third-order valence-corrected chi connectivity index (χ3v) is 4.07. The molecule has 0 bridgehead atoms. The summed E-state index contributed by atoms with van der Waals surface area (Å²) in [4.78, 5) is 2.52. The zero-order valence-electron chi connectivity index (χ0n) is 11.3. The van der Waals surface area contributed by atoms with E-state index in [9.17, 15) is 0 Å². The van der Waals surface area contributed by atoms with Gasteiger partial charge in [-0.05, 0) is 48.9 Å². The molecule has 1 aromatic rings. The molecule has 0 amide bonds. The first-order valence-corrected chi connectivity index (χ1v) is 6.92. The quantitative estimate of drug-likeness (QED) is 0.760. The number of hydrogen-bond donors (Lipinski definition) is 0. The van der Waals surface area contributed by atoms with E-state index < -0.39 is 0 Å². The van der Waals surface area contributed by atoms with Crippen LogP contribution in [0.25, 0.3) is 0 Å². The van der Waals surface area contributed by atoms with Crippen LogP contribution in [0.5, 0.6) is 0 Å². The van der Waals surface area contributed by atoms with Gasteiger partial charge in [-0.15, -0.1) is 0 Å². The summed E-state index contributed by atoms with van der Waals surface area (Å²) in [6.07, 6.45) is 1.09. The predicted octanol–water partition coefficient (Wildman–Crippen LogP) is 4.23. The van der Waals surface area contributed by atoms with Crippen LogP contribution in [0.15, 0.2) is 12.1 Å². The van der Waals surface area contributed by atoms with E-state index in [0.717, 1.165) is 24.5 Å². The van der Waals surface area contributed by atoms with E-state index in [0.29, 0.717) is 12.0 Å². The van der Waals surface area contributed by atoms with Gasteiger partial charge in [-0.1, -0.05) is 31.5 Å². The number of benzene rings is 1. The van der Waals surface area contributed by atoms with Crippen LogP contribution in [-0.2, 0) is 13.0 Å². The van der Waals surface area contributed by atoms with Crippen molar-refractivity contribution < 1.29 is 0 Å². The topological polar surface area (TPSA) is 3.24 Å². The van der Waals surface area contributed by atoms with Crippen molar-refractivity contribution in [2.24, 2.45) is 0 Å². The second kappa shape index (κ2) is 4.99. The first kappa shape index (κ1) is 12.9. The highest BCUT2D eigenvalue weighted by Crippen LogP contribution is 2.31. The molecule has 0 spiro atoms. The minimum atomic E-state index is 0.548. The lowest BCUT2D eigenvalue weighted by molar-refractivity contribution is 0.203. The predicted molar refractivity (Wildman–Crippen MR) is 74.8 cm³/mol. The van der Waals surface area contributed by atoms with Crippen LogP contribution in [0.3, 0.4) is 0 Å². The van der Waals surface area contributed by atoms with Crippen LogP contribution in [0.4, 0.5) is 0 Å². The fourth-order valence-electron chi connectivity index (χ4n) is 2.47. The van der Waals surface area contributed by atoms with Crippen LogP contribution < -0.4 is 0 Å². The maximum absolute atomic E-state index is 6.40. The lowest BCUT2D eigenvalue weighted by Gasteiger charge is -2.33. The summed E-state index contributed by atoms with van der Waals surface area (Å²) >= 11 is 6.40. The van der Waals surface area contributed by atoms with Crippen molar-refractivity contribution in [3.63, 3.8) is 0 Å². The molecular formula is C15H22ClN. The summed E-state index contributed by atoms with van der Waals surface area (Å²) in [6, 6.07) is 5.11. The minimum absolute atomic E-state index is 0.548. The molecule has 2 rings (SSSR count). The summed E-state index contributed by atoms with van der Waals surface area (Å²) in [6.45, 7) is 11.2. The zero-order chi connectivity index (χ0) is 12.6. The molecule has 0 radical (unpaired) electrons. The summed E-state index contributed by atoms with van der Waals surface area (Å²) < 4.78 is 0. The number of nitrogens with zero attached hydrogens (tertiary/aromatic N) is 1. The molecule has 0 saturated carbocycles. The Morgan fingerprint density at radius 1 is 1.18 bits per heavy atom. The number of fused-ring (bicyclic) bond motifs is 1. The zero-order valence-corrected chi connectivity index (χ0v) is 12.0. The van der Waals surface area contributed by atoms with Crippen molar-refractivity contribution in [2.75, 3.05) is 6.54 Å². The van der Waals surface area contributed by atoms with Gasteiger partial charge in [0.1, 0.15) is 0 Å². The smallest absolute Gasteiger partial charge is 0.0444 e. The standard InChI is InChI=1S/C15H22ClN/c1-10(2)12-7-13-9-17(11(3)4)6-5-14(13)15(16)8-12/h7-8,10-11H,5-6,9H2,1-4H3. The second-order valence-electron chi connectivity index (χ2n) is 5.61. The Hall–Kier alpha value is -0.530. The molecule has 0 aliphatic carbocycles. The van der Waals surface area contributed by atoms with Gasteiger partial charge in [0.05, 0.1) is 0 Å². The van der Waals surface area contributed by atoms with Crippen LogP contribution in [0.1, 0.15) is 50.3 Å². The Labute approximate surface area is 110 Å². The minimum Gasteiger partial charge on any atom is -0.296 e. The molecule has 1 aliphatic rings. The third-order valence-electron chi connectivity index (χ3n) is 3.73. The largest absolute Gasteiger partial charge is 0.296 e.